The van der Waals surface area contributed by atoms with Crippen LogP contribution in [0, 0.1) is 10.1 Å². The van der Waals surface area contributed by atoms with E-state index in [1.165, 1.54) is 12.3 Å². The van der Waals surface area contributed by atoms with Crippen LogP contribution in [0.1, 0.15) is 31.4 Å². The van der Waals surface area contributed by atoms with Crippen molar-refractivity contribution in [2.75, 3.05) is 13.2 Å². The first-order valence-electron chi connectivity index (χ1n) is 6.39. The summed E-state index contributed by atoms with van der Waals surface area (Å²) >= 11 is 0. The quantitative estimate of drug-likeness (QED) is 0.322. The van der Waals surface area contributed by atoms with Crippen molar-refractivity contribution in [3.63, 3.8) is 0 Å². The summed E-state index contributed by atoms with van der Waals surface area (Å²) in [7, 11) is 0. The van der Waals surface area contributed by atoms with Gasteiger partial charge in [-0.25, -0.2) is 0 Å². The molecule has 0 spiro atoms. The van der Waals surface area contributed by atoms with Gasteiger partial charge in [0.05, 0.1) is 17.8 Å². The van der Waals surface area contributed by atoms with E-state index >= 15 is 0 Å². The Hall–Kier alpha value is -1.88. The standard InChI is InChI=1S/C14H20N2O3/c1-3-14(15-9-6-10-19-4-2)12-7-5-8-13(11-12)16(17)18/h4-5,7-8,11,14-15H,2-3,6,9-10H2,1H3. The maximum absolute atomic E-state index is 10.8. The van der Waals surface area contributed by atoms with Crippen molar-refractivity contribution in [2.45, 2.75) is 25.8 Å². The van der Waals surface area contributed by atoms with E-state index in [0.717, 1.165) is 24.9 Å². The lowest BCUT2D eigenvalue weighted by Crippen LogP contribution is -2.22. The summed E-state index contributed by atoms with van der Waals surface area (Å²) in [5.41, 5.74) is 1.08. The molecule has 1 N–H and O–H groups in total. The maximum atomic E-state index is 10.8. The van der Waals surface area contributed by atoms with E-state index in [1.54, 1.807) is 12.1 Å². The Morgan fingerprint density at radius 2 is 2.37 bits per heavy atom. The average molecular weight is 264 g/mol. The first-order chi connectivity index (χ1) is 9.19. The molecular weight excluding hydrogens is 244 g/mol. The summed E-state index contributed by atoms with van der Waals surface area (Å²) in [4.78, 5) is 10.4. The highest BCUT2D eigenvalue weighted by Crippen LogP contribution is 2.21. The zero-order valence-corrected chi connectivity index (χ0v) is 11.2. The minimum atomic E-state index is -0.367. The highest BCUT2D eigenvalue weighted by atomic mass is 16.6. The molecule has 5 nitrogen and oxygen atoms in total. The Morgan fingerprint density at radius 1 is 1.58 bits per heavy atom. The Kier molecular flexibility index (Phi) is 6.60. The Morgan fingerprint density at radius 3 is 3.00 bits per heavy atom. The van der Waals surface area contributed by atoms with E-state index in [2.05, 4.69) is 18.8 Å². The van der Waals surface area contributed by atoms with Crippen molar-refractivity contribution in [3.05, 3.63) is 52.8 Å². The fourth-order valence-electron chi connectivity index (χ4n) is 1.87. The van der Waals surface area contributed by atoms with Gasteiger partial charge in [0.15, 0.2) is 0 Å². The van der Waals surface area contributed by atoms with Crippen LogP contribution >= 0.6 is 0 Å². The van der Waals surface area contributed by atoms with Crippen molar-refractivity contribution in [1.82, 2.24) is 5.32 Å². The van der Waals surface area contributed by atoms with Gasteiger partial charge in [0.1, 0.15) is 0 Å². The Balaban J connectivity index is 2.56. The number of nitrogens with one attached hydrogen (secondary N) is 1. The smallest absolute Gasteiger partial charge is 0.269 e. The number of rotatable bonds is 9. The van der Waals surface area contributed by atoms with E-state index in [1.807, 2.05) is 6.07 Å². The van der Waals surface area contributed by atoms with Gasteiger partial charge in [0.25, 0.3) is 5.69 Å². The summed E-state index contributed by atoms with van der Waals surface area (Å²) in [6, 6.07) is 6.89. The van der Waals surface area contributed by atoms with Crippen LogP contribution in [0.15, 0.2) is 37.1 Å². The van der Waals surface area contributed by atoms with Crippen LogP contribution in [-0.4, -0.2) is 18.1 Å². The number of nitro groups is 1. The summed E-state index contributed by atoms with van der Waals surface area (Å²) in [5.74, 6) is 0. The molecule has 0 radical (unpaired) electrons. The molecule has 0 bridgehead atoms. The van der Waals surface area contributed by atoms with Crippen LogP contribution in [0.5, 0.6) is 0 Å². The first kappa shape index (κ1) is 15.2. The molecule has 0 saturated heterocycles. The van der Waals surface area contributed by atoms with Gasteiger partial charge in [-0.15, -0.1) is 0 Å². The molecule has 0 saturated carbocycles. The molecule has 1 unspecified atom stereocenters. The normalized spacial score (nSPS) is 11.8. The maximum Gasteiger partial charge on any atom is 0.269 e. The molecule has 0 aliphatic rings. The number of ether oxygens (including phenoxy) is 1. The monoisotopic (exact) mass is 264 g/mol. The molecule has 19 heavy (non-hydrogen) atoms. The fourth-order valence-corrected chi connectivity index (χ4v) is 1.87. The van der Waals surface area contributed by atoms with Crippen LogP contribution in [0.3, 0.4) is 0 Å². The van der Waals surface area contributed by atoms with E-state index in [0.29, 0.717) is 6.61 Å². The van der Waals surface area contributed by atoms with Crippen molar-refractivity contribution < 1.29 is 9.66 Å². The molecule has 5 heteroatoms. The van der Waals surface area contributed by atoms with Crippen LogP contribution in [0.2, 0.25) is 0 Å². The van der Waals surface area contributed by atoms with E-state index in [9.17, 15) is 10.1 Å². The number of nitro benzene ring substituents is 1. The van der Waals surface area contributed by atoms with Crippen LogP contribution in [0.25, 0.3) is 0 Å². The second-order valence-electron chi connectivity index (χ2n) is 4.16. The molecule has 104 valence electrons. The fraction of sp³-hybridized carbons (Fsp3) is 0.429. The predicted molar refractivity (Wildman–Crippen MR) is 74.9 cm³/mol. The van der Waals surface area contributed by atoms with E-state index < -0.39 is 0 Å². The molecule has 1 rings (SSSR count). The van der Waals surface area contributed by atoms with Gasteiger partial charge in [-0.1, -0.05) is 25.6 Å². The molecule has 0 aliphatic heterocycles. The second-order valence-corrected chi connectivity index (χ2v) is 4.16. The minimum absolute atomic E-state index is 0.128. The highest BCUT2D eigenvalue weighted by molar-refractivity contribution is 5.35. The van der Waals surface area contributed by atoms with Gasteiger partial charge in [-0.2, -0.15) is 0 Å². The summed E-state index contributed by atoms with van der Waals surface area (Å²) in [6.45, 7) is 6.96. The van der Waals surface area contributed by atoms with Crippen molar-refractivity contribution >= 4 is 5.69 Å². The van der Waals surface area contributed by atoms with Gasteiger partial charge in [0, 0.05) is 18.2 Å². The van der Waals surface area contributed by atoms with E-state index in [-0.39, 0.29) is 16.7 Å². The molecule has 0 amide bonds. The number of benzene rings is 1. The first-order valence-corrected chi connectivity index (χ1v) is 6.39. The van der Waals surface area contributed by atoms with E-state index in [4.69, 9.17) is 4.74 Å². The lowest BCUT2D eigenvalue weighted by Gasteiger charge is -2.17. The van der Waals surface area contributed by atoms with Gasteiger partial charge in [-0.05, 0) is 24.9 Å². The average Bonchev–Trinajstić information content (AvgIpc) is 2.43. The number of non-ortho nitro benzene ring substituents is 1. The lowest BCUT2D eigenvalue weighted by molar-refractivity contribution is -0.384. The van der Waals surface area contributed by atoms with Crippen LogP contribution < -0.4 is 5.32 Å². The topological polar surface area (TPSA) is 64.4 Å². The largest absolute Gasteiger partial charge is 0.502 e. The van der Waals surface area contributed by atoms with Gasteiger partial charge in [0.2, 0.25) is 0 Å². The number of hydrogen-bond donors (Lipinski definition) is 1. The molecule has 1 atom stereocenters. The predicted octanol–water partition coefficient (Wildman–Crippen LogP) is 3.19. The van der Waals surface area contributed by atoms with Crippen LogP contribution in [0.4, 0.5) is 5.69 Å². The highest BCUT2D eigenvalue weighted by Gasteiger charge is 2.12. The second kappa shape index (κ2) is 8.26. The number of hydrogen-bond acceptors (Lipinski definition) is 4. The Bertz CT molecular complexity index is 421. The van der Waals surface area contributed by atoms with Gasteiger partial charge in [-0.3, -0.25) is 10.1 Å². The zero-order valence-electron chi connectivity index (χ0n) is 11.2. The molecule has 0 aromatic heterocycles. The summed E-state index contributed by atoms with van der Waals surface area (Å²) in [6.07, 6.45) is 3.18. The van der Waals surface area contributed by atoms with Gasteiger partial charge < -0.3 is 10.1 Å². The van der Waals surface area contributed by atoms with Crippen LogP contribution in [-0.2, 0) is 4.74 Å². The minimum Gasteiger partial charge on any atom is -0.502 e. The molecule has 0 fully saturated rings. The van der Waals surface area contributed by atoms with Crippen molar-refractivity contribution in [1.29, 1.82) is 0 Å². The Labute approximate surface area is 113 Å². The summed E-state index contributed by atoms with van der Waals surface area (Å²) in [5, 5.41) is 14.1. The SMILES string of the molecule is C=COCCCNC(CC)c1cccc([N+](=O)[O-])c1. The molecular formula is C14H20N2O3. The zero-order chi connectivity index (χ0) is 14.1. The third-order valence-corrected chi connectivity index (χ3v) is 2.84. The lowest BCUT2D eigenvalue weighted by atomic mass is 10.0. The molecule has 0 heterocycles. The third-order valence-electron chi connectivity index (χ3n) is 2.84. The molecule has 1 aromatic rings. The third kappa shape index (κ3) is 5.09. The van der Waals surface area contributed by atoms with Crippen molar-refractivity contribution in [2.24, 2.45) is 0 Å². The molecule has 1 aromatic carbocycles. The summed E-state index contributed by atoms with van der Waals surface area (Å²) < 4.78 is 5.04. The van der Waals surface area contributed by atoms with Gasteiger partial charge >= 0.3 is 0 Å². The molecule has 0 aliphatic carbocycles. The number of nitrogens with zero attached hydrogens (tertiary/aromatic N) is 1. The van der Waals surface area contributed by atoms with Crippen molar-refractivity contribution in [3.8, 4) is 0 Å².